The first kappa shape index (κ1) is 14.8. The van der Waals surface area contributed by atoms with Gasteiger partial charge >= 0.3 is 0 Å². The molecule has 0 aliphatic heterocycles. The van der Waals surface area contributed by atoms with Crippen molar-refractivity contribution < 1.29 is 9.53 Å². The summed E-state index contributed by atoms with van der Waals surface area (Å²) in [6.45, 7) is 2.46. The molecule has 4 heteroatoms. The van der Waals surface area contributed by atoms with Crippen LogP contribution >= 0.6 is 22.6 Å². The highest BCUT2D eigenvalue weighted by Gasteiger charge is 2.10. The molecule has 0 saturated carbocycles. The molecule has 0 radical (unpaired) electrons. The number of halogens is 1. The second kappa shape index (κ2) is 6.74. The Labute approximate surface area is 132 Å². The molecular weight excluding hydrogens is 365 g/mol. The third kappa shape index (κ3) is 3.50. The third-order valence-corrected chi connectivity index (χ3v) is 3.89. The van der Waals surface area contributed by atoms with Crippen molar-refractivity contribution in [2.24, 2.45) is 0 Å². The SMILES string of the molecule is COc1ccccc1CNC(=O)c1ccc(C)cc1I. The van der Waals surface area contributed by atoms with Crippen LogP contribution in [0.15, 0.2) is 42.5 Å². The van der Waals surface area contributed by atoms with Crippen LogP contribution in [0.3, 0.4) is 0 Å². The maximum Gasteiger partial charge on any atom is 0.252 e. The number of nitrogens with one attached hydrogen (secondary N) is 1. The number of carbonyl (C=O) groups is 1. The molecule has 2 aromatic rings. The Morgan fingerprint density at radius 1 is 1.25 bits per heavy atom. The molecular formula is C16H16INO2. The van der Waals surface area contributed by atoms with Crippen molar-refractivity contribution >= 4 is 28.5 Å². The Balaban J connectivity index is 2.09. The van der Waals surface area contributed by atoms with Gasteiger partial charge in [0.25, 0.3) is 5.91 Å². The van der Waals surface area contributed by atoms with Crippen LogP contribution in [0.5, 0.6) is 5.75 Å². The van der Waals surface area contributed by atoms with Crippen LogP contribution in [-0.2, 0) is 6.54 Å². The van der Waals surface area contributed by atoms with E-state index in [2.05, 4.69) is 27.9 Å². The molecule has 1 N–H and O–H groups in total. The van der Waals surface area contributed by atoms with Gasteiger partial charge in [0.15, 0.2) is 0 Å². The minimum atomic E-state index is -0.0692. The highest BCUT2D eigenvalue weighted by molar-refractivity contribution is 14.1. The van der Waals surface area contributed by atoms with Crippen molar-refractivity contribution in [2.45, 2.75) is 13.5 Å². The van der Waals surface area contributed by atoms with Gasteiger partial charge in [0.1, 0.15) is 5.75 Å². The van der Waals surface area contributed by atoms with Gasteiger partial charge < -0.3 is 10.1 Å². The lowest BCUT2D eigenvalue weighted by Gasteiger charge is -2.10. The van der Waals surface area contributed by atoms with Gasteiger partial charge in [-0.2, -0.15) is 0 Å². The van der Waals surface area contributed by atoms with Crippen LogP contribution in [-0.4, -0.2) is 13.0 Å². The molecule has 104 valence electrons. The summed E-state index contributed by atoms with van der Waals surface area (Å²) in [7, 11) is 1.63. The van der Waals surface area contributed by atoms with E-state index < -0.39 is 0 Å². The largest absolute Gasteiger partial charge is 0.496 e. The molecule has 0 unspecified atom stereocenters. The average Bonchev–Trinajstić information content (AvgIpc) is 2.45. The number of amides is 1. The molecule has 0 aliphatic rings. The van der Waals surface area contributed by atoms with Crippen molar-refractivity contribution in [2.75, 3.05) is 7.11 Å². The van der Waals surface area contributed by atoms with Gasteiger partial charge in [-0.1, -0.05) is 29.8 Å². The summed E-state index contributed by atoms with van der Waals surface area (Å²) in [4.78, 5) is 12.2. The van der Waals surface area contributed by atoms with Crippen molar-refractivity contribution in [1.82, 2.24) is 5.32 Å². The number of hydrogen-bond acceptors (Lipinski definition) is 2. The predicted molar refractivity (Wildman–Crippen MR) is 88.1 cm³/mol. The van der Waals surface area contributed by atoms with E-state index in [1.807, 2.05) is 49.4 Å². The summed E-state index contributed by atoms with van der Waals surface area (Å²) in [5.74, 6) is 0.715. The van der Waals surface area contributed by atoms with Gasteiger partial charge in [0, 0.05) is 15.7 Å². The topological polar surface area (TPSA) is 38.3 Å². The summed E-state index contributed by atoms with van der Waals surface area (Å²) in [6, 6.07) is 13.5. The van der Waals surface area contributed by atoms with Gasteiger partial charge in [0.2, 0.25) is 0 Å². The van der Waals surface area contributed by atoms with E-state index in [9.17, 15) is 4.79 Å². The number of rotatable bonds is 4. The molecule has 0 saturated heterocycles. The Kier molecular flexibility index (Phi) is 5.00. The van der Waals surface area contributed by atoms with E-state index in [-0.39, 0.29) is 5.91 Å². The lowest BCUT2D eigenvalue weighted by molar-refractivity contribution is 0.0950. The van der Waals surface area contributed by atoms with Crippen molar-refractivity contribution in [3.05, 3.63) is 62.7 Å². The lowest BCUT2D eigenvalue weighted by Crippen LogP contribution is -2.23. The summed E-state index contributed by atoms with van der Waals surface area (Å²) in [5, 5.41) is 2.93. The molecule has 20 heavy (non-hydrogen) atoms. The van der Waals surface area contributed by atoms with Gasteiger partial charge in [-0.05, 0) is 47.7 Å². The van der Waals surface area contributed by atoms with Gasteiger partial charge in [-0.15, -0.1) is 0 Å². The Morgan fingerprint density at radius 3 is 2.70 bits per heavy atom. The average molecular weight is 381 g/mol. The number of benzene rings is 2. The smallest absolute Gasteiger partial charge is 0.252 e. The minimum absolute atomic E-state index is 0.0692. The predicted octanol–water partition coefficient (Wildman–Crippen LogP) is 3.54. The van der Waals surface area contributed by atoms with Gasteiger partial charge in [-0.3, -0.25) is 4.79 Å². The fraction of sp³-hybridized carbons (Fsp3) is 0.188. The molecule has 0 spiro atoms. The number of hydrogen-bond donors (Lipinski definition) is 1. The summed E-state index contributed by atoms with van der Waals surface area (Å²) >= 11 is 2.18. The number of methoxy groups -OCH3 is 1. The van der Waals surface area contributed by atoms with Crippen LogP contribution in [0.25, 0.3) is 0 Å². The number of carbonyl (C=O) groups excluding carboxylic acids is 1. The van der Waals surface area contributed by atoms with E-state index in [4.69, 9.17) is 4.74 Å². The molecule has 1 amide bonds. The van der Waals surface area contributed by atoms with Crippen LogP contribution in [0, 0.1) is 10.5 Å². The first-order valence-corrected chi connectivity index (χ1v) is 7.36. The molecule has 2 aromatic carbocycles. The molecule has 2 rings (SSSR count). The Morgan fingerprint density at radius 2 is 2.00 bits per heavy atom. The van der Waals surface area contributed by atoms with E-state index in [0.717, 1.165) is 20.4 Å². The van der Waals surface area contributed by atoms with E-state index in [0.29, 0.717) is 12.1 Å². The summed E-state index contributed by atoms with van der Waals surface area (Å²) in [5.41, 5.74) is 2.81. The second-order valence-corrected chi connectivity index (χ2v) is 5.64. The lowest BCUT2D eigenvalue weighted by atomic mass is 10.1. The quantitative estimate of drug-likeness (QED) is 0.823. The van der Waals surface area contributed by atoms with E-state index in [1.54, 1.807) is 7.11 Å². The Bertz CT molecular complexity index is 626. The maximum absolute atomic E-state index is 12.2. The zero-order valence-corrected chi connectivity index (χ0v) is 13.6. The maximum atomic E-state index is 12.2. The number of para-hydroxylation sites is 1. The highest BCUT2D eigenvalue weighted by atomic mass is 127. The highest BCUT2D eigenvalue weighted by Crippen LogP contribution is 2.18. The first-order chi connectivity index (χ1) is 9.61. The minimum Gasteiger partial charge on any atom is -0.496 e. The molecule has 0 fully saturated rings. The van der Waals surface area contributed by atoms with Crippen LogP contribution in [0.2, 0.25) is 0 Å². The first-order valence-electron chi connectivity index (χ1n) is 6.28. The standard InChI is InChI=1S/C16H16INO2/c1-11-7-8-13(14(17)9-11)16(19)18-10-12-5-3-4-6-15(12)20-2/h3-9H,10H2,1-2H3,(H,18,19). The second-order valence-electron chi connectivity index (χ2n) is 4.48. The van der Waals surface area contributed by atoms with Crippen LogP contribution in [0.4, 0.5) is 0 Å². The van der Waals surface area contributed by atoms with Gasteiger partial charge in [-0.25, -0.2) is 0 Å². The van der Waals surface area contributed by atoms with Crippen molar-refractivity contribution in [3.63, 3.8) is 0 Å². The molecule has 0 heterocycles. The normalized spacial score (nSPS) is 10.2. The molecule has 3 nitrogen and oxygen atoms in total. The van der Waals surface area contributed by atoms with E-state index in [1.165, 1.54) is 0 Å². The van der Waals surface area contributed by atoms with Gasteiger partial charge in [0.05, 0.1) is 12.7 Å². The third-order valence-electron chi connectivity index (χ3n) is 3.00. The fourth-order valence-electron chi connectivity index (χ4n) is 1.92. The van der Waals surface area contributed by atoms with Crippen molar-refractivity contribution in [3.8, 4) is 5.75 Å². The van der Waals surface area contributed by atoms with Crippen LogP contribution < -0.4 is 10.1 Å². The van der Waals surface area contributed by atoms with E-state index >= 15 is 0 Å². The monoisotopic (exact) mass is 381 g/mol. The molecule has 0 atom stereocenters. The number of aryl methyl sites for hydroxylation is 1. The molecule has 0 aromatic heterocycles. The van der Waals surface area contributed by atoms with Crippen LogP contribution in [0.1, 0.15) is 21.5 Å². The number of ether oxygens (including phenoxy) is 1. The molecule has 0 aliphatic carbocycles. The zero-order valence-electron chi connectivity index (χ0n) is 11.4. The fourth-order valence-corrected chi connectivity index (χ4v) is 2.84. The Hall–Kier alpha value is -1.56. The summed E-state index contributed by atoms with van der Waals surface area (Å²) < 4.78 is 6.23. The van der Waals surface area contributed by atoms with Crippen molar-refractivity contribution in [1.29, 1.82) is 0 Å². The summed E-state index contributed by atoms with van der Waals surface area (Å²) in [6.07, 6.45) is 0. The molecule has 0 bridgehead atoms. The zero-order chi connectivity index (χ0) is 14.5.